The molecule has 2 aromatic carbocycles. The maximum atomic E-state index is 13.7. The van der Waals surface area contributed by atoms with Crippen LogP contribution in [0.25, 0.3) is 10.8 Å². The van der Waals surface area contributed by atoms with E-state index in [-0.39, 0.29) is 30.4 Å². The van der Waals surface area contributed by atoms with Gasteiger partial charge in [0.15, 0.2) is 0 Å². The predicted molar refractivity (Wildman–Crippen MR) is 88.9 cm³/mol. The minimum absolute atomic E-state index is 0.133. The summed E-state index contributed by atoms with van der Waals surface area (Å²) in [6.07, 6.45) is 1.56. The van der Waals surface area contributed by atoms with Crippen molar-refractivity contribution in [2.45, 2.75) is 13.1 Å². The minimum Gasteiger partial charge on any atom is -0.340 e. The molecule has 0 N–H and O–H groups in total. The molecule has 1 amide bonds. The fourth-order valence-electron chi connectivity index (χ4n) is 2.46. The van der Waals surface area contributed by atoms with E-state index in [0.29, 0.717) is 10.9 Å². The maximum Gasteiger partial charge on any atom is 0.275 e. The van der Waals surface area contributed by atoms with Crippen molar-refractivity contribution in [3.8, 4) is 0 Å². The van der Waals surface area contributed by atoms with Crippen LogP contribution in [0, 0.1) is 5.82 Å². The Kier molecular flexibility index (Phi) is 4.37. The van der Waals surface area contributed by atoms with E-state index in [0.717, 1.165) is 10.1 Å². The average Bonchev–Trinajstić information content (AvgIpc) is 2.59. The lowest BCUT2D eigenvalue weighted by Crippen LogP contribution is -2.34. The number of nitrogens with zero attached hydrogens (tertiary/aromatic N) is 3. The summed E-state index contributed by atoms with van der Waals surface area (Å²) < 4.78 is 14.8. The standard InChI is InChI=1S/C18H16FN3O2/c1-21(11-14-7-3-5-9-16(14)19)17(23)12-22-18(24)15-8-4-2-6-13(15)10-20-22/h2-10H,11-12H2,1H3. The Morgan fingerprint density at radius 2 is 1.88 bits per heavy atom. The molecule has 5 nitrogen and oxygen atoms in total. The molecule has 0 bridgehead atoms. The van der Waals surface area contributed by atoms with Crippen LogP contribution < -0.4 is 5.56 Å². The largest absolute Gasteiger partial charge is 0.340 e. The van der Waals surface area contributed by atoms with Gasteiger partial charge < -0.3 is 4.90 Å². The zero-order valence-electron chi connectivity index (χ0n) is 13.1. The normalized spacial score (nSPS) is 10.8. The SMILES string of the molecule is CN(Cc1ccccc1F)C(=O)Cn1ncc2ccccc2c1=O. The van der Waals surface area contributed by atoms with Crippen LogP contribution in [0.5, 0.6) is 0 Å². The zero-order chi connectivity index (χ0) is 17.1. The van der Waals surface area contributed by atoms with Gasteiger partial charge in [-0.15, -0.1) is 0 Å². The number of likely N-dealkylation sites (N-methyl/N-ethyl adjacent to an activating group) is 1. The van der Waals surface area contributed by atoms with E-state index in [2.05, 4.69) is 5.10 Å². The highest BCUT2D eigenvalue weighted by Crippen LogP contribution is 2.10. The van der Waals surface area contributed by atoms with Crippen molar-refractivity contribution in [1.29, 1.82) is 0 Å². The minimum atomic E-state index is -0.363. The van der Waals surface area contributed by atoms with E-state index in [4.69, 9.17) is 0 Å². The quantitative estimate of drug-likeness (QED) is 0.739. The van der Waals surface area contributed by atoms with Gasteiger partial charge in [-0.05, 0) is 12.1 Å². The number of carbonyl (C=O) groups is 1. The third kappa shape index (κ3) is 3.17. The van der Waals surface area contributed by atoms with Crippen molar-refractivity contribution < 1.29 is 9.18 Å². The van der Waals surface area contributed by atoms with E-state index in [1.165, 1.54) is 11.0 Å². The molecule has 0 aliphatic carbocycles. The number of halogens is 1. The van der Waals surface area contributed by atoms with E-state index >= 15 is 0 Å². The molecule has 1 aromatic heterocycles. The van der Waals surface area contributed by atoms with E-state index in [1.54, 1.807) is 49.6 Å². The van der Waals surface area contributed by atoms with Crippen LogP contribution in [0.4, 0.5) is 4.39 Å². The van der Waals surface area contributed by atoms with Crippen LogP contribution in [-0.2, 0) is 17.9 Å². The summed E-state index contributed by atoms with van der Waals surface area (Å²) >= 11 is 0. The molecule has 3 rings (SSSR count). The van der Waals surface area contributed by atoms with Crippen molar-refractivity contribution in [2.75, 3.05) is 7.05 Å². The Hall–Kier alpha value is -3.02. The van der Waals surface area contributed by atoms with Crippen molar-refractivity contribution >= 4 is 16.7 Å². The highest BCUT2D eigenvalue weighted by Gasteiger charge is 2.14. The van der Waals surface area contributed by atoms with Gasteiger partial charge in [-0.3, -0.25) is 9.59 Å². The molecule has 122 valence electrons. The summed E-state index contributed by atoms with van der Waals surface area (Å²) in [6, 6.07) is 13.4. The second kappa shape index (κ2) is 6.62. The van der Waals surface area contributed by atoms with Crippen LogP contribution in [-0.4, -0.2) is 27.6 Å². The van der Waals surface area contributed by atoms with Gasteiger partial charge in [0.05, 0.1) is 11.6 Å². The summed E-state index contributed by atoms with van der Waals surface area (Å²) in [5.41, 5.74) is 0.105. The summed E-state index contributed by atoms with van der Waals surface area (Å²) in [5.74, 6) is -0.679. The second-order valence-electron chi connectivity index (χ2n) is 5.54. The first-order chi connectivity index (χ1) is 11.6. The summed E-state index contributed by atoms with van der Waals surface area (Å²) in [6.45, 7) is -0.0531. The fourth-order valence-corrected chi connectivity index (χ4v) is 2.46. The molecule has 0 radical (unpaired) electrons. The molecular weight excluding hydrogens is 309 g/mol. The molecule has 0 fully saturated rings. The topological polar surface area (TPSA) is 55.2 Å². The number of benzene rings is 2. The fraction of sp³-hybridized carbons (Fsp3) is 0.167. The number of hydrogen-bond acceptors (Lipinski definition) is 3. The van der Waals surface area contributed by atoms with E-state index in [1.807, 2.05) is 6.07 Å². The molecule has 3 aromatic rings. The molecule has 1 heterocycles. The highest BCUT2D eigenvalue weighted by atomic mass is 19.1. The van der Waals surface area contributed by atoms with Gasteiger partial charge in [-0.2, -0.15) is 5.10 Å². The molecule has 0 saturated carbocycles. The average molecular weight is 325 g/mol. The summed E-state index contributed by atoms with van der Waals surface area (Å²) in [4.78, 5) is 26.1. The molecule has 0 saturated heterocycles. The third-order valence-corrected chi connectivity index (χ3v) is 3.84. The molecule has 0 spiro atoms. The highest BCUT2D eigenvalue weighted by molar-refractivity contribution is 5.81. The van der Waals surface area contributed by atoms with Gasteiger partial charge in [0.1, 0.15) is 12.4 Å². The van der Waals surface area contributed by atoms with Gasteiger partial charge in [0.2, 0.25) is 5.91 Å². The number of carbonyl (C=O) groups excluding carboxylic acids is 1. The number of rotatable bonds is 4. The first-order valence-electron chi connectivity index (χ1n) is 7.48. The van der Waals surface area contributed by atoms with Gasteiger partial charge in [0.25, 0.3) is 5.56 Å². The molecule has 0 aliphatic heterocycles. The first-order valence-corrected chi connectivity index (χ1v) is 7.48. The molecular formula is C18H16FN3O2. The van der Waals surface area contributed by atoms with E-state index in [9.17, 15) is 14.0 Å². The van der Waals surface area contributed by atoms with Crippen molar-refractivity contribution in [3.05, 3.63) is 76.5 Å². The maximum absolute atomic E-state index is 13.7. The van der Waals surface area contributed by atoms with Crippen LogP contribution in [0.3, 0.4) is 0 Å². The van der Waals surface area contributed by atoms with Crippen LogP contribution in [0.15, 0.2) is 59.5 Å². The third-order valence-electron chi connectivity index (χ3n) is 3.84. The van der Waals surface area contributed by atoms with Crippen molar-refractivity contribution in [2.24, 2.45) is 0 Å². The Balaban J connectivity index is 1.78. The lowest BCUT2D eigenvalue weighted by molar-refractivity contribution is -0.131. The van der Waals surface area contributed by atoms with Crippen molar-refractivity contribution in [3.63, 3.8) is 0 Å². The van der Waals surface area contributed by atoms with Gasteiger partial charge in [-0.25, -0.2) is 9.07 Å². The number of fused-ring (bicyclic) bond motifs is 1. The van der Waals surface area contributed by atoms with Crippen LogP contribution >= 0.6 is 0 Å². The van der Waals surface area contributed by atoms with Gasteiger partial charge in [-0.1, -0.05) is 36.4 Å². The zero-order valence-corrected chi connectivity index (χ0v) is 13.1. The lowest BCUT2D eigenvalue weighted by Gasteiger charge is -2.18. The van der Waals surface area contributed by atoms with Crippen molar-refractivity contribution in [1.82, 2.24) is 14.7 Å². The molecule has 0 unspecified atom stereocenters. The summed E-state index contributed by atoms with van der Waals surface area (Å²) in [7, 11) is 1.57. The second-order valence-corrected chi connectivity index (χ2v) is 5.54. The Labute approximate surface area is 137 Å². The Morgan fingerprint density at radius 3 is 2.67 bits per heavy atom. The number of amides is 1. The number of aromatic nitrogens is 2. The first kappa shape index (κ1) is 15.9. The Bertz CT molecular complexity index is 952. The van der Waals surface area contributed by atoms with Crippen LogP contribution in [0.2, 0.25) is 0 Å². The molecule has 0 aliphatic rings. The lowest BCUT2D eigenvalue weighted by atomic mass is 10.2. The smallest absolute Gasteiger partial charge is 0.275 e. The number of hydrogen-bond donors (Lipinski definition) is 0. The van der Waals surface area contributed by atoms with E-state index < -0.39 is 0 Å². The predicted octanol–water partition coefficient (Wildman–Crippen LogP) is 2.19. The van der Waals surface area contributed by atoms with Gasteiger partial charge in [0, 0.05) is 24.5 Å². The molecule has 24 heavy (non-hydrogen) atoms. The Morgan fingerprint density at radius 1 is 1.17 bits per heavy atom. The van der Waals surface area contributed by atoms with Crippen LogP contribution in [0.1, 0.15) is 5.56 Å². The monoisotopic (exact) mass is 325 g/mol. The van der Waals surface area contributed by atoms with Gasteiger partial charge >= 0.3 is 0 Å². The molecule has 0 atom stereocenters. The summed E-state index contributed by atoms with van der Waals surface area (Å²) in [5, 5.41) is 5.27. The molecule has 6 heteroatoms.